The Morgan fingerprint density at radius 1 is 0.765 bits per heavy atom. The molecule has 2 aromatic carbocycles. The van der Waals surface area contributed by atoms with Gasteiger partial charge in [0.1, 0.15) is 23.0 Å². The van der Waals surface area contributed by atoms with Crippen LogP contribution >= 0.6 is 0 Å². The lowest BCUT2D eigenvalue weighted by Gasteiger charge is -2.14. The highest BCUT2D eigenvalue weighted by Gasteiger charge is 2.17. The number of carbonyl (C=O) groups is 3. The fourth-order valence-corrected chi connectivity index (χ4v) is 3.27. The number of esters is 1. The maximum Gasteiger partial charge on any atom is 0.344 e. The summed E-state index contributed by atoms with van der Waals surface area (Å²) in [6.07, 6.45) is 2.72. The highest BCUT2D eigenvalue weighted by Crippen LogP contribution is 2.33. The van der Waals surface area contributed by atoms with Crippen LogP contribution in [0.5, 0.6) is 23.0 Å². The lowest BCUT2D eigenvalue weighted by Crippen LogP contribution is -2.15. The van der Waals surface area contributed by atoms with Crippen LogP contribution in [0.2, 0.25) is 0 Å². The molecule has 0 aromatic heterocycles. The molecular weight excluding hydrogens is 440 g/mol. The Morgan fingerprint density at radius 2 is 1.26 bits per heavy atom. The standard InChI is InChI=1S/C15H20O5.C11H14O3/c1-4-6-12-13(20-9-14(17)19-5-2)8-7-11(10(3)16)15(12)18;1-3-4-9-10(13)6-5-8(7(2)12)11(9)14/h7-8,18H,4-6,9H2,1-3H3;5-6,13-14H,3-4H2,1-2H3. The summed E-state index contributed by atoms with van der Waals surface area (Å²) in [5, 5.41) is 29.3. The topological polar surface area (TPSA) is 130 Å². The molecule has 2 aromatic rings. The van der Waals surface area contributed by atoms with Gasteiger partial charge in [0, 0.05) is 11.1 Å². The molecule has 0 heterocycles. The van der Waals surface area contributed by atoms with Crippen molar-refractivity contribution >= 4 is 17.5 Å². The van der Waals surface area contributed by atoms with Gasteiger partial charge in [-0.3, -0.25) is 9.59 Å². The third kappa shape index (κ3) is 7.79. The fraction of sp³-hybridized carbons (Fsp3) is 0.423. The van der Waals surface area contributed by atoms with Gasteiger partial charge in [0.25, 0.3) is 0 Å². The minimum atomic E-state index is -0.468. The number of ketones is 2. The van der Waals surface area contributed by atoms with E-state index in [0.717, 1.165) is 12.8 Å². The van der Waals surface area contributed by atoms with Crippen molar-refractivity contribution in [3.8, 4) is 23.0 Å². The SMILES string of the molecule is CCCc1c(O)ccc(C(C)=O)c1O.CCCc1c(OCC(=O)OCC)ccc(C(C)=O)c1O. The number of benzene rings is 2. The number of aromatic hydroxyl groups is 3. The van der Waals surface area contributed by atoms with Gasteiger partial charge in [0.15, 0.2) is 18.2 Å². The second kappa shape index (κ2) is 13.9. The number of hydrogen-bond donors (Lipinski definition) is 3. The van der Waals surface area contributed by atoms with Gasteiger partial charge in [-0.2, -0.15) is 0 Å². The molecular formula is C26H34O8. The van der Waals surface area contributed by atoms with E-state index in [-0.39, 0.29) is 46.5 Å². The minimum Gasteiger partial charge on any atom is -0.508 e. The van der Waals surface area contributed by atoms with Crippen LogP contribution in [0.3, 0.4) is 0 Å². The summed E-state index contributed by atoms with van der Waals surface area (Å²) < 4.78 is 10.1. The summed E-state index contributed by atoms with van der Waals surface area (Å²) in [5.74, 6) is -0.571. The van der Waals surface area contributed by atoms with Gasteiger partial charge in [-0.1, -0.05) is 26.7 Å². The zero-order chi connectivity index (χ0) is 25.8. The van der Waals surface area contributed by atoms with E-state index in [1.165, 1.54) is 32.0 Å². The van der Waals surface area contributed by atoms with Gasteiger partial charge < -0.3 is 24.8 Å². The highest BCUT2D eigenvalue weighted by atomic mass is 16.6. The first-order valence-corrected chi connectivity index (χ1v) is 11.3. The van der Waals surface area contributed by atoms with Gasteiger partial charge >= 0.3 is 5.97 Å². The summed E-state index contributed by atoms with van der Waals surface area (Å²) in [7, 11) is 0. The Morgan fingerprint density at radius 3 is 1.76 bits per heavy atom. The second-order valence-electron chi connectivity index (χ2n) is 7.60. The number of Topliss-reactive ketones (excluding diaryl/α,β-unsaturated/α-hetero) is 2. The average Bonchev–Trinajstić information content (AvgIpc) is 2.77. The number of rotatable bonds is 10. The molecule has 0 amide bonds. The molecule has 8 heteroatoms. The predicted octanol–water partition coefficient (Wildman–Crippen LogP) is 4.74. The fourth-order valence-electron chi connectivity index (χ4n) is 3.27. The maximum absolute atomic E-state index is 11.4. The van der Waals surface area contributed by atoms with Crippen LogP contribution in [0.15, 0.2) is 24.3 Å². The van der Waals surface area contributed by atoms with Crippen molar-refractivity contribution in [2.45, 2.75) is 60.3 Å². The average molecular weight is 475 g/mol. The van der Waals surface area contributed by atoms with Crippen molar-refractivity contribution in [1.29, 1.82) is 0 Å². The maximum atomic E-state index is 11.4. The Labute approximate surface area is 200 Å². The molecule has 0 aliphatic heterocycles. The van der Waals surface area contributed by atoms with E-state index in [9.17, 15) is 29.7 Å². The van der Waals surface area contributed by atoms with Crippen LogP contribution in [0.1, 0.15) is 79.3 Å². The van der Waals surface area contributed by atoms with Crippen molar-refractivity contribution in [3.05, 3.63) is 46.5 Å². The molecule has 186 valence electrons. The predicted molar refractivity (Wildman–Crippen MR) is 128 cm³/mol. The van der Waals surface area contributed by atoms with Gasteiger partial charge in [0.05, 0.1) is 17.7 Å². The molecule has 34 heavy (non-hydrogen) atoms. The first kappa shape index (κ1) is 28.5. The van der Waals surface area contributed by atoms with E-state index in [1.807, 2.05) is 13.8 Å². The zero-order valence-corrected chi connectivity index (χ0v) is 20.4. The van der Waals surface area contributed by atoms with Crippen LogP contribution in [-0.4, -0.2) is 46.1 Å². The summed E-state index contributed by atoms with van der Waals surface area (Å²) >= 11 is 0. The smallest absolute Gasteiger partial charge is 0.344 e. The molecule has 0 aliphatic rings. The van der Waals surface area contributed by atoms with E-state index in [0.29, 0.717) is 36.3 Å². The van der Waals surface area contributed by atoms with E-state index < -0.39 is 5.97 Å². The molecule has 0 aliphatic carbocycles. The molecule has 0 fully saturated rings. The van der Waals surface area contributed by atoms with E-state index in [2.05, 4.69) is 0 Å². The number of phenolic OH excluding ortho intramolecular Hbond substituents is 3. The number of carbonyl (C=O) groups excluding carboxylic acids is 3. The molecule has 0 saturated heterocycles. The Balaban J connectivity index is 0.000000362. The summed E-state index contributed by atoms with van der Waals surface area (Å²) in [6.45, 7) is 8.47. The van der Waals surface area contributed by atoms with Crippen molar-refractivity contribution in [1.82, 2.24) is 0 Å². The molecule has 0 spiro atoms. The summed E-state index contributed by atoms with van der Waals surface area (Å²) in [6, 6.07) is 5.98. The van der Waals surface area contributed by atoms with Crippen molar-refractivity contribution in [3.63, 3.8) is 0 Å². The molecule has 0 unspecified atom stereocenters. The number of ether oxygens (including phenoxy) is 2. The minimum absolute atomic E-state index is 0.0503. The Kier molecular flexibility index (Phi) is 11.6. The van der Waals surface area contributed by atoms with Crippen LogP contribution in [0, 0.1) is 0 Å². The lowest BCUT2D eigenvalue weighted by molar-refractivity contribution is -0.145. The number of hydrogen-bond acceptors (Lipinski definition) is 8. The van der Waals surface area contributed by atoms with Gasteiger partial charge in [-0.25, -0.2) is 4.79 Å². The van der Waals surface area contributed by atoms with Crippen molar-refractivity contribution in [2.24, 2.45) is 0 Å². The Bertz CT molecular complexity index is 1010. The molecule has 0 radical (unpaired) electrons. The van der Waals surface area contributed by atoms with Gasteiger partial charge in [-0.05, 0) is 57.9 Å². The van der Waals surface area contributed by atoms with Crippen molar-refractivity contribution in [2.75, 3.05) is 13.2 Å². The lowest BCUT2D eigenvalue weighted by atomic mass is 10.0. The molecule has 3 N–H and O–H groups in total. The normalized spacial score (nSPS) is 10.1. The first-order valence-electron chi connectivity index (χ1n) is 11.3. The third-order valence-corrected chi connectivity index (χ3v) is 4.91. The van der Waals surface area contributed by atoms with Crippen LogP contribution in [0.4, 0.5) is 0 Å². The quantitative estimate of drug-likeness (QED) is 0.332. The molecule has 0 bridgehead atoms. The van der Waals surface area contributed by atoms with Crippen LogP contribution in [0.25, 0.3) is 0 Å². The van der Waals surface area contributed by atoms with Crippen LogP contribution in [-0.2, 0) is 22.4 Å². The molecule has 8 nitrogen and oxygen atoms in total. The summed E-state index contributed by atoms with van der Waals surface area (Å²) in [5.41, 5.74) is 1.54. The van der Waals surface area contributed by atoms with E-state index >= 15 is 0 Å². The molecule has 2 rings (SSSR count). The highest BCUT2D eigenvalue weighted by molar-refractivity contribution is 5.98. The first-order chi connectivity index (χ1) is 16.1. The van der Waals surface area contributed by atoms with E-state index in [1.54, 1.807) is 13.0 Å². The zero-order valence-electron chi connectivity index (χ0n) is 20.4. The van der Waals surface area contributed by atoms with Crippen molar-refractivity contribution < 1.29 is 39.2 Å². The second-order valence-corrected chi connectivity index (χ2v) is 7.60. The number of phenols is 3. The third-order valence-electron chi connectivity index (χ3n) is 4.91. The Hall–Kier alpha value is -3.55. The monoisotopic (exact) mass is 474 g/mol. The van der Waals surface area contributed by atoms with Crippen LogP contribution < -0.4 is 4.74 Å². The molecule has 0 saturated carbocycles. The van der Waals surface area contributed by atoms with Gasteiger partial charge in [0.2, 0.25) is 0 Å². The molecule has 0 atom stereocenters. The summed E-state index contributed by atoms with van der Waals surface area (Å²) in [4.78, 5) is 33.8. The van der Waals surface area contributed by atoms with Gasteiger partial charge in [-0.15, -0.1) is 0 Å². The van der Waals surface area contributed by atoms with E-state index in [4.69, 9.17) is 9.47 Å². The largest absolute Gasteiger partial charge is 0.508 e.